The van der Waals surface area contributed by atoms with Crippen LogP contribution in [0.1, 0.15) is 28.9 Å². The number of carbonyl (C=O) groups excluding carboxylic acids is 2. The van der Waals surface area contributed by atoms with E-state index in [0.717, 1.165) is 18.5 Å². The van der Waals surface area contributed by atoms with E-state index in [1.54, 1.807) is 4.57 Å². The molecule has 2 N–H and O–H groups in total. The fraction of sp³-hybridized carbons (Fsp3) is 0.600. The molecule has 0 bridgehead atoms. The zero-order valence-electron chi connectivity index (χ0n) is 13.4. The normalized spacial score (nSPS) is 10.7. The first kappa shape index (κ1) is 17.2. The second-order valence-corrected chi connectivity index (χ2v) is 5.53. The van der Waals surface area contributed by atoms with Gasteiger partial charge in [-0.3, -0.25) is 9.59 Å². The molecule has 1 rings (SSSR count). The zero-order valence-corrected chi connectivity index (χ0v) is 13.4. The summed E-state index contributed by atoms with van der Waals surface area (Å²) in [4.78, 5) is 25.6. The Kier molecular flexibility index (Phi) is 6.94. The molecule has 0 fully saturated rings. The van der Waals surface area contributed by atoms with Crippen LogP contribution in [0.15, 0.2) is 12.3 Å². The first-order valence-corrected chi connectivity index (χ1v) is 7.22. The number of aryl methyl sites for hydroxylation is 2. The Balaban J connectivity index is 2.19. The van der Waals surface area contributed by atoms with E-state index in [0.29, 0.717) is 25.2 Å². The summed E-state index contributed by atoms with van der Waals surface area (Å²) in [5.74, 6) is -0.178. The summed E-state index contributed by atoms with van der Waals surface area (Å²) in [6, 6.07) is 1.83. The van der Waals surface area contributed by atoms with Crippen LogP contribution in [0.2, 0.25) is 0 Å². The molecular weight excluding hydrogens is 268 g/mol. The van der Waals surface area contributed by atoms with Gasteiger partial charge in [-0.2, -0.15) is 0 Å². The highest BCUT2D eigenvalue weighted by atomic mass is 16.2. The Hall–Kier alpha value is -1.82. The number of nitrogens with zero attached hydrogens (tertiary/aromatic N) is 2. The van der Waals surface area contributed by atoms with Gasteiger partial charge >= 0.3 is 0 Å². The third-order valence-corrected chi connectivity index (χ3v) is 3.12. The van der Waals surface area contributed by atoms with Crippen LogP contribution in [0, 0.1) is 6.92 Å². The Morgan fingerprint density at radius 3 is 2.52 bits per heavy atom. The third kappa shape index (κ3) is 6.44. The molecule has 0 saturated carbocycles. The smallest absolute Gasteiger partial charge is 0.267 e. The number of hydrogen-bond donors (Lipinski definition) is 2. The number of nitrogens with one attached hydrogen (secondary N) is 2. The van der Waals surface area contributed by atoms with Crippen LogP contribution < -0.4 is 10.6 Å². The number of hydrogen-bond acceptors (Lipinski definition) is 3. The minimum atomic E-state index is -0.147. The molecule has 0 aliphatic rings. The van der Waals surface area contributed by atoms with Crippen molar-refractivity contribution in [3.8, 4) is 0 Å². The van der Waals surface area contributed by atoms with E-state index in [-0.39, 0.29) is 11.8 Å². The molecule has 1 aromatic heterocycles. The van der Waals surface area contributed by atoms with Crippen LogP contribution >= 0.6 is 0 Å². The molecule has 0 atom stereocenters. The van der Waals surface area contributed by atoms with Crippen LogP contribution in [0.3, 0.4) is 0 Å². The van der Waals surface area contributed by atoms with Crippen molar-refractivity contribution >= 4 is 11.8 Å². The van der Waals surface area contributed by atoms with Crippen molar-refractivity contribution in [3.63, 3.8) is 0 Å². The first-order chi connectivity index (χ1) is 9.90. The van der Waals surface area contributed by atoms with Crippen LogP contribution in [-0.4, -0.2) is 55.0 Å². The summed E-state index contributed by atoms with van der Waals surface area (Å²) in [5.41, 5.74) is 1.65. The highest BCUT2D eigenvalue weighted by molar-refractivity contribution is 5.93. The summed E-state index contributed by atoms with van der Waals surface area (Å²) in [7, 11) is 5.84. The maximum atomic E-state index is 11.9. The highest BCUT2D eigenvalue weighted by Crippen LogP contribution is 2.05. The van der Waals surface area contributed by atoms with Gasteiger partial charge in [0.25, 0.3) is 5.91 Å². The predicted molar refractivity (Wildman–Crippen MR) is 83.3 cm³/mol. The molecule has 0 aliphatic carbocycles. The summed E-state index contributed by atoms with van der Waals surface area (Å²) < 4.78 is 1.78. The average Bonchev–Trinajstić information content (AvgIpc) is 2.73. The summed E-state index contributed by atoms with van der Waals surface area (Å²) in [6.07, 6.45) is 3.12. The van der Waals surface area contributed by atoms with Crippen molar-refractivity contribution in [2.45, 2.75) is 19.8 Å². The largest absolute Gasteiger partial charge is 0.356 e. The summed E-state index contributed by atoms with van der Waals surface area (Å²) in [5, 5.41) is 5.61. The molecule has 0 radical (unpaired) electrons. The molecule has 0 spiro atoms. The van der Waals surface area contributed by atoms with Gasteiger partial charge in [0.05, 0.1) is 0 Å². The van der Waals surface area contributed by atoms with E-state index in [1.165, 1.54) is 0 Å². The van der Waals surface area contributed by atoms with Gasteiger partial charge in [-0.1, -0.05) is 0 Å². The zero-order chi connectivity index (χ0) is 15.8. The van der Waals surface area contributed by atoms with Crippen LogP contribution in [-0.2, 0) is 11.8 Å². The van der Waals surface area contributed by atoms with Crippen molar-refractivity contribution in [2.75, 3.05) is 33.7 Å². The van der Waals surface area contributed by atoms with Gasteiger partial charge in [0.15, 0.2) is 0 Å². The quantitative estimate of drug-likeness (QED) is 0.687. The van der Waals surface area contributed by atoms with Crippen LogP contribution in [0.5, 0.6) is 0 Å². The Morgan fingerprint density at radius 1 is 1.24 bits per heavy atom. The second kappa shape index (κ2) is 8.46. The minimum Gasteiger partial charge on any atom is -0.356 e. The van der Waals surface area contributed by atoms with E-state index < -0.39 is 0 Å². The van der Waals surface area contributed by atoms with E-state index in [9.17, 15) is 9.59 Å². The molecule has 2 amide bonds. The van der Waals surface area contributed by atoms with E-state index >= 15 is 0 Å². The van der Waals surface area contributed by atoms with Gasteiger partial charge in [0.1, 0.15) is 5.69 Å². The molecule has 6 nitrogen and oxygen atoms in total. The van der Waals surface area contributed by atoms with Gasteiger partial charge in [-0.15, -0.1) is 0 Å². The molecule has 0 saturated heterocycles. The topological polar surface area (TPSA) is 66.4 Å². The minimum absolute atomic E-state index is 0.0304. The summed E-state index contributed by atoms with van der Waals surface area (Å²) in [6.45, 7) is 3.91. The molecule has 0 aromatic carbocycles. The maximum absolute atomic E-state index is 11.9. The number of amides is 2. The predicted octanol–water partition coefficient (Wildman–Crippen LogP) is 0.521. The first-order valence-electron chi connectivity index (χ1n) is 7.22. The maximum Gasteiger partial charge on any atom is 0.267 e. The Labute approximate surface area is 126 Å². The van der Waals surface area contributed by atoms with Gasteiger partial charge in [-0.05, 0) is 45.6 Å². The lowest BCUT2D eigenvalue weighted by Crippen LogP contribution is -2.32. The van der Waals surface area contributed by atoms with E-state index in [1.807, 2.05) is 40.3 Å². The van der Waals surface area contributed by atoms with E-state index in [4.69, 9.17) is 0 Å². The molecule has 0 aliphatic heterocycles. The number of aromatic nitrogens is 1. The van der Waals surface area contributed by atoms with Crippen molar-refractivity contribution in [2.24, 2.45) is 7.05 Å². The highest BCUT2D eigenvalue weighted by Gasteiger charge is 2.10. The third-order valence-electron chi connectivity index (χ3n) is 3.12. The van der Waals surface area contributed by atoms with Crippen molar-refractivity contribution in [3.05, 3.63) is 23.5 Å². The fourth-order valence-electron chi connectivity index (χ4n) is 2.05. The summed E-state index contributed by atoms with van der Waals surface area (Å²) >= 11 is 0. The average molecular weight is 294 g/mol. The van der Waals surface area contributed by atoms with Crippen molar-refractivity contribution in [1.29, 1.82) is 0 Å². The van der Waals surface area contributed by atoms with Crippen LogP contribution in [0.25, 0.3) is 0 Å². The molecular formula is C15H26N4O2. The lowest BCUT2D eigenvalue weighted by atomic mass is 10.3. The SMILES string of the molecule is Cc1cc(C(=O)NCCC(=O)NCCCN(C)C)n(C)c1. The standard InChI is InChI=1S/C15H26N4O2/c1-12-10-13(19(4)11-12)15(21)17-8-6-14(20)16-7-5-9-18(2)3/h10-11H,5-9H2,1-4H3,(H,16,20)(H,17,21). The van der Waals surface area contributed by atoms with Crippen molar-refractivity contribution < 1.29 is 9.59 Å². The van der Waals surface area contributed by atoms with Crippen molar-refractivity contribution in [1.82, 2.24) is 20.1 Å². The van der Waals surface area contributed by atoms with E-state index in [2.05, 4.69) is 15.5 Å². The lowest BCUT2D eigenvalue weighted by molar-refractivity contribution is -0.120. The van der Waals surface area contributed by atoms with Gasteiger partial charge in [0.2, 0.25) is 5.91 Å². The molecule has 1 heterocycles. The molecule has 21 heavy (non-hydrogen) atoms. The van der Waals surface area contributed by atoms with Crippen LogP contribution in [0.4, 0.5) is 0 Å². The number of rotatable bonds is 8. The second-order valence-electron chi connectivity index (χ2n) is 5.53. The Bertz CT molecular complexity index is 480. The molecule has 118 valence electrons. The lowest BCUT2D eigenvalue weighted by Gasteiger charge is -2.10. The molecule has 0 unspecified atom stereocenters. The molecule has 6 heteroatoms. The number of carbonyl (C=O) groups is 2. The fourth-order valence-corrected chi connectivity index (χ4v) is 2.05. The van der Waals surface area contributed by atoms with Gasteiger partial charge in [-0.25, -0.2) is 0 Å². The Morgan fingerprint density at radius 2 is 1.95 bits per heavy atom. The van der Waals surface area contributed by atoms with Gasteiger partial charge in [0, 0.05) is 32.8 Å². The monoisotopic (exact) mass is 294 g/mol. The molecule has 1 aromatic rings. The van der Waals surface area contributed by atoms with Gasteiger partial charge < -0.3 is 20.1 Å².